The number of benzene rings is 2. The molecule has 0 bridgehead atoms. The minimum atomic E-state index is -0.529. The molecule has 2 aromatic rings. The second-order valence-corrected chi connectivity index (χ2v) is 4.52. The van der Waals surface area contributed by atoms with Gasteiger partial charge in [0.1, 0.15) is 11.6 Å². The van der Waals surface area contributed by atoms with Crippen molar-refractivity contribution in [2.24, 2.45) is 0 Å². The van der Waals surface area contributed by atoms with Crippen molar-refractivity contribution in [1.29, 1.82) is 0 Å². The van der Waals surface area contributed by atoms with E-state index in [0.717, 1.165) is 30.3 Å². The van der Waals surface area contributed by atoms with Crippen molar-refractivity contribution in [3.05, 3.63) is 65.2 Å². The Kier molecular flexibility index (Phi) is 2.74. The predicted octanol–water partition coefficient (Wildman–Crippen LogP) is 3.91. The van der Waals surface area contributed by atoms with Crippen molar-refractivity contribution in [3.63, 3.8) is 0 Å². The van der Waals surface area contributed by atoms with Crippen LogP contribution in [0.3, 0.4) is 0 Å². The van der Waals surface area contributed by atoms with Gasteiger partial charge in [0, 0.05) is 24.2 Å². The van der Waals surface area contributed by atoms with E-state index in [1.807, 2.05) is 24.3 Å². The summed E-state index contributed by atoms with van der Waals surface area (Å²) in [5.74, 6) is -0.988. The van der Waals surface area contributed by atoms with Crippen LogP contribution in [0.15, 0.2) is 42.5 Å². The van der Waals surface area contributed by atoms with Gasteiger partial charge >= 0.3 is 0 Å². The number of halogens is 2. The summed E-state index contributed by atoms with van der Waals surface area (Å²) in [5, 5.41) is 3.30. The van der Waals surface area contributed by atoms with Crippen LogP contribution in [0, 0.1) is 11.6 Å². The minimum absolute atomic E-state index is 0.00282. The van der Waals surface area contributed by atoms with E-state index in [0.29, 0.717) is 5.56 Å². The van der Waals surface area contributed by atoms with Gasteiger partial charge < -0.3 is 5.32 Å². The van der Waals surface area contributed by atoms with Gasteiger partial charge in [-0.3, -0.25) is 0 Å². The Morgan fingerprint density at radius 1 is 1.00 bits per heavy atom. The molecule has 0 radical (unpaired) electrons. The van der Waals surface area contributed by atoms with Crippen molar-refractivity contribution in [3.8, 4) is 0 Å². The van der Waals surface area contributed by atoms with Gasteiger partial charge in [-0.15, -0.1) is 0 Å². The maximum Gasteiger partial charge on any atom is 0.129 e. The third-order valence-corrected chi connectivity index (χ3v) is 3.42. The highest BCUT2D eigenvalue weighted by molar-refractivity contribution is 5.57. The summed E-state index contributed by atoms with van der Waals surface area (Å²) in [6.07, 6.45) is 0.819. The standard InChI is InChI=1S/C15H13F2N/c16-10-5-6-12(14(17)9-10)11-7-8-18-15-4-2-1-3-13(11)15/h1-6,9,11,18H,7-8H2. The highest BCUT2D eigenvalue weighted by atomic mass is 19.1. The van der Waals surface area contributed by atoms with Gasteiger partial charge in [0.25, 0.3) is 0 Å². The van der Waals surface area contributed by atoms with Gasteiger partial charge in [0.15, 0.2) is 0 Å². The highest BCUT2D eigenvalue weighted by Crippen LogP contribution is 2.37. The molecule has 1 heterocycles. The van der Waals surface area contributed by atoms with E-state index in [1.54, 1.807) is 6.07 Å². The molecule has 2 aromatic carbocycles. The molecular weight excluding hydrogens is 232 g/mol. The highest BCUT2D eigenvalue weighted by Gasteiger charge is 2.23. The van der Waals surface area contributed by atoms with E-state index in [9.17, 15) is 8.78 Å². The second kappa shape index (κ2) is 4.41. The maximum absolute atomic E-state index is 13.9. The number of para-hydroxylation sites is 1. The van der Waals surface area contributed by atoms with Crippen molar-refractivity contribution < 1.29 is 8.78 Å². The van der Waals surface area contributed by atoms with E-state index in [-0.39, 0.29) is 5.92 Å². The molecule has 1 atom stereocenters. The molecule has 92 valence electrons. The van der Waals surface area contributed by atoms with Crippen LogP contribution in [-0.4, -0.2) is 6.54 Å². The fourth-order valence-corrected chi connectivity index (χ4v) is 2.58. The third-order valence-electron chi connectivity index (χ3n) is 3.42. The SMILES string of the molecule is Fc1ccc(C2CCNc3ccccc32)c(F)c1. The van der Waals surface area contributed by atoms with Gasteiger partial charge in [-0.2, -0.15) is 0 Å². The first-order chi connectivity index (χ1) is 8.75. The molecule has 3 heteroatoms. The number of anilines is 1. The largest absolute Gasteiger partial charge is 0.385 e. The van der Waals surface area contributed by atoms with Crippen LogP contribution < -0.4 is 5.32 Å². The number of fused-ring (bicyclic) bond motifs is 1. The van der Waals surface area contributed by atoms with Gasteiger partial charge in [-0.05, 0) is 29.7 Å². The topological polar surface area (TPSA) is 12.0 Å². The van der Waals surface area contributed by atoms with Crippen LogP contribution >= 0.6 is 0 Å². The Morgan fingerprint density at radius 3 is 2.67 bits per heavy atom. The molecule has 1 unspecified atom stereocenters. The van der Waals surface area contributed by atoms with Crippen LogP contribution in [0.1, 0.15) is 23.5 Å². The molecule has 1 nitrogen and oxygen atoms in total. The van der Waals surface area contributed by atoms with Crippen LogP contribution in [-0.2, 0) is 0 Å². The summed E-state index contributed by atoms with van der Waals surface area (Å²) in [6.45, 7) is 0.804. The van der Waals surface area contributed by atoms with E-state index in [2.05, 4.69) is 5.32 Å². The molecule has 1 N–H and O–H groups in total. The summed E-state index contributed by atoms with van der Waals surface area (Å²) < 4.78 is 26.8. The lowest BCUT2D eigenvalue weighted by atomic mass is 9.85. The summed E-state index contributed by atoms with van der Waals surface area (Å²) in [4.78, 5) is 0. The first-order valence-electron chi connectivity index (χ1n) is 6.03. The van der Waals surface area contributed by atoms with Crippen molar-refractivity contribution in [2.75, 3.05) is 11.9 Å². The first-order valence-corrected chi connectivity index (χ1v) is 6.03. The molecule has 0 fully saturated rings. The summed E-state index contributed by atoms with van der Waals surface area (Å²) in [7, 11) is 0. The Labute approximate surface area is 104 Å². The first kappa shape index (κ1) is 11.2. The Bertz CT molecular complexity index is 580. The molecule has 0 saturated carbocycles. The third kappa shape index (κ3) is 1.86. The zero-order valence-electron chi connectivity index (χ0n) is 9.79. The molecule has 18 heavy (non-hydrogen) atoms. The summed E-state index contributed by atoms with van der Waals surface area (Å²) in [6, 6.07) is 11.7. The number of nitrogens with one attached hydrogen (secondary N) is 1. The molecular formula is C15H13F2N. The Balaban J connectivity index is 2.08. The number of hydrogen-bond acceptors (Lipinski definition) is 1. The summed E-state index contributed by atoms with van der Waals surface area (Å²) in [5.41, 5.74) is 2.69. The van der Waals surface area contributed by atoms with E-state index < -0.39 is 11.6 Å². The summed E-state index contributed by atoms with van der Waals surface area (Å²) >= 11 is 0. The average molecular weight is 245 g/mol. The Hall–Kier alpha value is -1.90. The molecule has 0 aromatic heterocycles. The monoisotopic (exact) mass is 245 g/mol. The quantitative estimate of drug-likeness (QED) is 0.803. The molecule has 0 amide bonds. The lowest BCUT2D eigenvalue weighted by Gasteiger charge is -2.27. The fraction of sp³-hybridized carbons (Fsp3) is 0.200. The van der Waals surface area contributed by atoms with Crippen LogP contribution in [0.5, 0.6) is 0 Å². The number of hydrogen-bond donors (Lipinski definition) is 1. The molecule has 1 aliphatic heterocycles. The van der Waals surface area contributed by atoms with Crippen LogP contribution in [0.2, 0.25) is 0 Å². The van der Waals surface area contributed by atoms with E-state index >= 15 is 0 Å². The van der Waals surface area contributed by atoms with E-state index in [1.165, 1.54) is 6.07 Å². The van der Waals surface area contributed by atoms with Crippen LogP contribution in [0.25, 0.3) is 0 Å². The normalized spacial score (nSPS) is 18.0. The molecule has 0 aliphatic carbocycles. The lowest BCUT2D eigenvalue weighted by molar-refractivity contribution is 0.558. The van der Waals surface area contributed by atoms with Gasteiger partial charge in [0.2, 0.25) is 0 Å². The zero-order chi connectivity index (χ0) is 12.5. The second-order valence-electron chi connectivity index (χ2n) is 4.52. The average Bonchev–Trinajstić information content (AvgIpc) is 2.38. The zero-order valence-corrected chi connectivity index (χ0v) is 9.79. The van der Waals surface area contributed by atoms with Crippen LogP contribution in [0.4, 0.5) is 14.5 Å². The minimum Gasteiger partial charge on any atom is -0.385 e. The maximum atomic E-state index is 13.9. The van der Waals surface area contributed by atoms with Crippen molar-refractivity contribution >= 4 is 5.69 Å². The fourth-order valence-electron chi connectivity index (χ4n) is 2.58. The molecule has 3 rings (SSSR count). The molecule has 0 saturated heterocycles. The Morgan fingerprint density at radius 2 is 1.83 bits per heavy atom. The van der Waals surface area contributed by atoms with Crippen molar-refractivity contribution in [1.82, 2.24) is 0 Å². The smallest absolute Gasteiger partial charge is 0.129 e. The van der Waals surface area contributed by atoms with Gasteiger partial charge in [0.05, 0.1) is 0 Å². The predicted molar refractivity (Wildman–Crippen MR) is 67.7 cm³/mol. The van der Waals surface area contributed by atoms with Gasteiger partial charge in [-0.25, -0.2) is 8.78 Å². The molecule has 1 aliphatic rings. The van der Waals surface area contributed by atoms with E-state index in [4.69, 9.17) is 0 Å². The molecule has 0 spiro atoms. The van der Waals surface area contributed by atoms with Gasteiger partial charge in [-0.1, -0.05) is 24.3 Å². The number of rotatable bonds is 1. The lowest BCUT2D eigenvalue weighted by Crippen LogP contribution is -2.18. The van der Waals surface area contributed by atoms with Crippen molar-refractivity contribution in [2.45, 2.75) is 12.3 Å².